The van der Waals surface area contributed by atoms with Crippen molar-refractivity contribution in [1.29, 1.82) is 0 Å². The first-order chi connectivity index (χ1) is 10.9. The number of carbonyl (C=O) groups is 2. The number of aromatic carboxylic acids is 1. The maximum Gasteiger partial charge on any atom is 0.355 e. The van der Waals surface area contributed by atoms with Gasteiger partial charge in [-0.15, -0.1) is 0 Å². The number of hydrogen-bond acceptors (Lipinski definition) is 5. The summed E-state index contributed by atoms with van der Waals surface area (Å²) in [6.07, 6.45) is 0. The summed E-state index contributed by atoms with van der Waals surface area (Å²) in [5.74, 6) is -0.914. The van der Waals surface area contributed by atoms with Crippen LogP contribution in [0.1, 0.15) is 32.0 Å². The number of hydrogen-bond donors (Lipinski definition) is 1. The fourth-order valence-electron chi connectivity index (χ4n) is 2.15. The average Bonchev–Trinajstić information content (AvgIpc) is 2.54. The van der Waals surface area contributed by atoms with Crippen molar-refractivity contribution in [2.75, 3.05) is 14.2 Å². The molecule has 0 spiro atoms. The van der Waals surface area contributed by atoms with Gasteiger partial charge in [0.25, 0.3) is 0 Å². The fourth-order valence-corrected chi connectivity index (χ4v) is 2.30. The summed E-state index contributed by atoms with van der Waals surface area (Å²) in [6.45, 7) is 1.79. The number of carbonyl (C=O) groups excluding carboxylic acids is 1. The Morgan fingerprint density at radius 2 is 1.70 bits per heavy atom. The number of ketones is 1. The molecule has 0 atom stereocenters. The van der Waals surface area contributed by atoms with E-state index in [2.05, 4.69) is 4.98 Å². The Hall–Kier alpha value is -2.60. The summed E-state index contributed by atoms with van der Waals surface area (Å²) in [5.41, 5.74) is 0.506. The highest BCUT2D eigenvalue weighted by atomic mass is 35.5. The SMILES string of the molecule is COc1cc(C(=O)c2ccc(Cl)nc2C(=O)O)cc(OC)c1C. The Morgan fingerprint density at radius 3 is 2.17 bits per heavy atom. The number of benzene rings is 1. The molecular formula is C16H14ClNO5. The molecule has 0 saturated heterocycles. The second-order valence-corrected chi connectivity index (χ2v) is 5.06. The van der Waals surface area contributed by atoms with Crippen molar-refractivity contribution in [3.63, 3.8) is 0 Å². The second-order valence-electron chi connectivity index (χ2n) is 4.67. The van der Waals surface area contributed by atoms with Crippen molar-refractivity contribution >= 4 is 23.4 Å². The lowest BCUT2D eigenvalue weighted by atomic mass is 9.99. The van der Waals surface area contributed by atoms with E-state index in [1.807, 2.05) is 0 Å². The van der Waals surface area contributed by atoms with E-state index in [0.717, 1.165) is 5.56 Å². The molecule has 7 heteroatoms. The summed E-state index contributed by atoms with van der Waals surface area (Å²) in [4.78, 5) is 27.7. The van der Waals surface area contributed by atoms with Crippen LogP contribution >= 0.6 is 11.6 Å². The van der Waals surface area contributed by atoms with Gasteiger partial charge in [0.1, 0.15) is 16.7 Å². The van der Waals surface area contributed by atoms with Crippen molar-refractivity contribution in [1.82, 2.24) is 4.98 Å². The van der Waals surface area contributed by atoms with Crippen LogP contribution in [-0.2, 0) is 0 Å². The van der Waals surface area contributed by atoms with Gasteiger partial charge in [0.15, 0.2) is 11.5 Å². The molecule has 1 aromatic carbocycles. The predicted molar refractivity (Wildman–Crippen MR) is 83.9 cm³/mol. The van der Waals surface area contributed by atoms with E-state index in [1.165, 1.54) is 38.5 Å². The van der Waals surface area contributed by atoms with Crippen molar-refractivity contribution in [3.05, 3.63) is 51.8 Å². The van der Waals surface area contributed by atoms with Gasteiger partial charge < -0.3 is 14.6 Å². The zero-order valence-electron chi connectivity index (χ0n) is 12.7. The Kier molecular flexibility index (Phi) is 4.86. The van der Waals surface area contributed by atoms with Gasteiger partial charge in [-0.3, -0.25) is 4.79 Å². The van der Waals surface area contributed by atoms with Crippen LogP contribution < -0.4 is 9.47 Å². The molecule has 0 radical (unpaired) electrons. The van der Waals surface area contributed by atoms with E-state index in [-0.39, 0.29) is 16.3 Å². The van der Waals surface area contributed by atoms with E-state index >= 15 is 0 Å². The van der Waals surface area contributed by atoms with Crippen LogP contribution in [0.5, 0.6) is 11.5 Å². The largest absolute Gasteiger partial charge is 0.496 e. The number of pyridine rings is 1. The van der Waals surface area contributed by atoms with E-state index in [9.17, 15) is 14.7 Å². The first-order valence-corrected chi connectivity index (χ1v) is 6.94. The topological polar surface area (TPSA) is 85.7 Å². The number of halogens is 1. The summed E-state index contributed by atoms with van der Waals surface area (Å²) in [5, 5.41) is 9.21. The number of methoxy groups -OCH3 is 2. The quantitative estimate of drug-likeness (QED) is 0.667. The molecule has 2 rings (SSSR count). The zero-order valence-corrected chi connectivity index (χ0v) is 13.5. The van der Waals surface area contributed by atoms with Gasteiger partial charge in [-0.1, -0.05) is 11.6 Å². The molecule has 0 fully saturated rings. The molecule has 0 aliphatic heterocycles. The number of nitrogens with zero attached hydrogens (tertiary/aromatic N) is 1. The smallest absolute Gasteiger partial charge is 0.355 e. The second kappa shape index (κ2) is 6.66. The average molecular weight is 336 g/mol. The summed E-state index contributed by atoms with van der Waals surface area (Å²) in [6, 6.07) is 5.75. The number of carboxylic acids is 1. The molecule has 6 nitrogen and oxygen atoms in total. The lowest BCUT2D eigenvalue weighted by Gasteiger charge is -2.12. The van der Waals surface area contributed by atoms with Gasteiger partial charge >= 0.3 is 5.97 Å². The minimum absolute atomic E-state index is 0.00184. The number of rotatable bonds is 5. The standard InChI is InChI=1S/C16H14ClNO5/c1-8-11(22-2)6-9(7-12(8)23-3)15(19)10-4-5-13(17)18-14(10)16(20)21/h4-7H,1-3H3,(H,20,21). The number of ether oxygens (including phenoxy) is 2. The van der Waals surface area contributed by atoms with Gasteiger partial charge in [-0.2, -0.15) is 0 Å². The molecule has 1 aromatic heterocycles. The lowest BCUT2D eigenvalue weighted by molar-refractivity contribution is 0.0686. The summed E-state index contributed by atoms with van der Waals surface area (Å²) in [7, 11) is 2.95. The highest BCUT2D eigenvalue weighted by Crippen LogP contribution is 2.30. The molecule has 1 heterocycles. The first kappa shape index (κ1) is 16.8. The maximum atomic E-state index is 12.7. The third-order valence-electron chi connectivity index (χ3n) is 3.32. The molecular weight excluding hydrogens is 322 g/mol. The van der Waals surface area contributed by atoms with Crippen LogP contribution in [0, 0.1) is 6.92 Å². The number of aromatic nitrogens is 1. The van der Waals surface area contributed by atoms with Gasteiger partial charge in [0, 0.05) is 11.1 Å². The first-order valence-electron chi connectivity index (χ1n) is 6.56. The third-order valence-corrected chi connectivity index (χ3v) is 3.53. The Labute approximate surface area is 137 Å². The van der Waals surface area contributed by atoms with E-state index < -0.39 is 17.4 Å². The molecule has 2 aromatic rings. The Morgan fingerprint density at radius 1 is 1.13 bits per heavy atom. The normalized spacial score (nSPS) is 10.3. The van der Waals surface area contributed by atoms with Crippen molar-refractivity contribution in [3.8, 4) is 11.5 Å². The van der Waals surface area contributed by atoms with E-state index in [1.54, 1.807) is 6.92 Å². The summed E-state index contributed by atoms with van der Waals surface area (Å²) >= 11 is 5.70. The van der Waals surface area contributed by atoms with Crippen LogP contribution in [0.15, 0.2) is 24.3 Å². The van der Waals surface area contributed by atoms with Gasteiger partial charge in [0.2, 0.25) is 0 Å². The third kappa shape index (κ3) is 3.27. The van der Waals surface area contributed by atoms with Crippen LogP contribution in [0.4, 0.5) is 0 Å². The van der Waals surface area contributed by atoms with Crippen LogP contribution in [-0.4, -0.2) is 36.1 Å². The van der Waals surface area contributed by atoms with Gasteiger partial charge in [-0.25, -0.2) is 9.78 Å². The van der Waals surface area contributed by atoms with E-state index in [0.29, 0.717) is 11.5 Å². The lowest BCUT2D eigenvalue weighted by Crippen LogP contribution is -2.12. The van der Waals surface area contributed by atoms with Crippen molar-refractivity contribution < 1.29 is 24.2 Å². The van der Waals surface area contributed by atoms with Crippen LogP contribution in [0.2, 0.25) is 5.15 Å². The molecule has 0 aliphatic rings. The van der Waals surface area contributed by atoms with Gasteiger partial charge in [0.05, 0.1) is 19.8 Å². The van der Waals surface area contributed by atoms with Gasteiger partial charge in [-0.05, 0) is 31.2 Å². The Bertz CT molecular complexity index is 763. The highest BCUT2D eigenvalue weighted by molar-refractivity contribution is 6.29. The molecule has 0 bridgehead atoms. The Balaban J connectivity index is 2.60. The van der Waals surface area contributed by atoms with Crippen molar-refractivity contribution in [2.45, 2.75) is 6.92 Å². The highest BCUT2D eigenvalue weighted by Gasteiger charge is 2.22. The zero-order chi connectivity index (χ0) is 17.1. The molecule has 23 heavy (non-hydrogen) atoms. The minimum atomic E-state index is -1.33. The molecule has 0 saturated carbocycles. The van der Waals surface area contributed by atoms with Crippen LogP contribution in [0.25, 0.3) is 0 Å². The minimum Gasteiger partial charge on any atom is -0.496 e. The van der Waals surface area contributed by atoms with Crippen molar-refractivity contribution in [2.24, 2.45) is 0 Å². The summed E-state index contributed by atoms with van der Waals surface area (Å²) < 4.78 is 10.5. The number of carboxylic acid groups (broad SMARTS) is 1. The molecule has 120 valence electrons. The molecule has 0 amide bonds. The molecule has 0 aliphatic carbocycles. The monoisotopic (exact) mass is 335 g/mol. The predicted octanol–water partition coefficient (Wildman–Crippen LogP) is 2.99. The maximum absolute atomic E-state index is 12.7. The molecule has 0 unspecified atom stereocenters. The fraction of sp³-hybridized carbons (Fsp3) is 0.188. The van der Waals surface area contributed by atoms with Crippen LogP contribution in [0.3, 0.4) is 0 Å². The molecule has 1 N–H and O–H groups in total. The van der Waals surface area contributed by atoms with E-state index in [4.69, 9.17) is 21.1 Å².